The Kier molecular flexibility index (Phi) is 4.02. The highest BCUT2D eigenvalue weighted by Crippen LogP contribution is 2.24. The van der Waals surface area contributed by atoms with Gasteiger partial charge in [0.25, 0.3) is 0 Å². The van der Waals surface area contributed by atoms with Crippen LogP contribution in [0.5, 0.6) is 0 Å². The van der Waals surface area contributed by atoms with E-state index in [0.29, 0.717) is 0 Å². The summed E-state index contributed by atoms with van der Waals surface area (Å²) in [4.78, 5) is 11.8. The molecule has 3 nitrogen and oxygen atoms in total. The number of primary amides is 1. The first kappa shape index (κ1) is 16.1. The quantitative estimate of drug-likeness (QED) is 0.707. The van der Waals surface area contributed by atoms with Crippen molar-refractivity contribution in [3.05, 3.63) is 71.4 Å². The van der Waals surface area contributed by atoms with E-state index >= 15 is 0 Å². The Morgan fingerprint density at radius 3 is 2.29 bits per heavy atom. The van der Waals surface area contributed by atoms with Gasteiger partial charge in [-0.1, -0.05) is 69.3 Å². The van der Waals surface area contributed by atoms with Gasteiger partial charge >= 0.3 is 6.03 Å². The lowest BCUT2D eigenvalue weighted by Gasteiger charge is -2.18. The van der Waals surface area contributed by atoms with Gasteiger partial charge in [-0.15, -0.1) is 0 Å². The molecule has 1 amide bonds. The number of aromatic nitrogens is 1. The maximum absolute atomic E-state index is 11.8. The van der Waals surface area contributed by atoms with Crippen LogP contribution in [0.3, 0.4) is 0 Å². The van der Waals surface area contributed by atoms with E-state index < -0.39 is 6.03 Å². The molecule has 0 aliphatic carbocycles. The van der Waals surface area contributed by atoms with E-state index in [2.05, 4.69) is 45.0 Å². The van der Waals surface area contributed by atoms with Crippen molar-refractivity contribution in [3.63, 3.8) is 0 Å². The van der Waals surface area contributed by atoms with Gasteiger partial charge in [-0.3, -0.25) is 4.57 Å². The lowest BCUT2D eigenvalue weighted by molar-refractivity contribution is 0.251. The van der Waals surface area contributed by atoms with Crippen molar-refractivity contribution in [2.45, 2.75) is 26.2 Å². The summed E-state index contributed by atoms with van der Waals surface area (Å²) in [6.07, 6.45) is 3.93. The van der Waals surface area contributed by atoms with Gasteiger partial charge in [0.2, 0.25) is 0 Å². The molecule has 1 aromatic heterocycles. The molecule has 0 unspecified atom stereocenters. The van der Waals surface area contributed by atoms with Crippen molar-refractivity contribution in [1.29, 1.82) is 0 Å². The summed E-state index contributed by atoms with van der Waals surface area (Å²) in [5, 5.41) is 0.999. The molecule has 2 aromatic carbocycles. The van der Waals surface area contributed by atoms with Crippen LogP contribution < -0.4 is 5.73 Å². The standard InChI is InChI=1S/C21H22N2O/c1-21(2,3)17-11-8-15(9-12-17)10-13-18-14-16-6-4-5-7-19(16)23(18)20(22)24/h4-14H,1-3H3,(H2,22,24)/b13-10+. The fourth-order valence-corrected chi connectivity index (χ4v) is 2.82. The molecule has 0 spiro atoms. The molecular formula is C21H22N2O. The third-order valence-corrected chi connectivity index (χ3v) is 4.18. The van der Waals surface area contributed by atoms with Crippen molar-refractivity contribution in [2.24, 2.45) is 5.73 Å². The van der Waals surface area contributed by atoms with Gasteiger partial charge in [-0.25, -0.2) is 4.79 Å². The molecule has 3 rings (SSSR count). The molecule has 3 heteroatoms. The van der Waals surface area contributed by atoms with E-state index in [1.54, 1.807) is 0 Å². The highest BCUT2D eigenvalue weighted by Gasteiger charge is 2.13. The minimum Gasteiger partial charge on any atom is -0.351 e. The minimum atomic E-state index is -0.473. The highest BCUT2D eigenvalue weighted by molar-refractivity contribution is 5.95. The summed E-state index contributed by atoms with van der Waals surface area (Å²) in [6.45, 7) is 6.59. The number of amides is 1. The molecule has 0 aliphatic rings. The maximum atomic E-state index is 11.8. The van der Waals surface area contributed by atoms with E-state index in [1.165, 1.54) is 10.1 Å². The lowest BCUT2D eigenvalue weighted by Crippen LogP contribution is -2.20. The first-order valence-electron chi connectivity index (χ1n) is 8.05. The van der Waals surface area contributed by atoms with Gasteiger partial charge in [0.1, 0.15) is 0 Å². The monoisotopic (exact) mass is 318 g/mol. The molecule has 0 fully saturated rings. The van der Waals surface area contributed by atoms with Crippen LogP contribution >= 0.6 is 0 Å². The second kappa shape index (κ2) is 6.00. The Morgan fingerprint density at radius 1 is 1.00 bits per heavy atom. The van der Waals surface area contributed by atoms with Gasteiger partial charge in [0.05, 0.1) is 11.2 Å². The van der Waals surface area contributed by atoms with Crippen molar-refractivity contribution in [1.82, 2.24) is 4.57 Å². The van der Waals surface area contributed by atoms with Crippen LogP contribution in [-0.2, 0) is 5.41 Å². The molecule has 0 aliphatic heterocycles. The average Bonchev–Trinajstić information content (AvgIpc) is 2.91. The van der Waals surface area contributed by atoms with Crippen molar-refractivity contribution >= 4 is 29.1 Å². The third kappa shape index (κ3) is 3.11. The second-order valence-electron chi connectivity index (χ2n) is 7.01. The van der Waals surface area contributed by atoms with Crippen LogP contribution in [0.1, 0.15) is 37.6 Å². The number of nitrogens with zero attached hydrogens (tertiary/aromatic N) is 1. The number of carbonyl (C=O) groups is 1. The summed E-state index contributed by atoms with van der Waals surface area (Å²) in [7, 11) is 0. The Balaban J connectivity index is 1.96. The Bertz CT molecular complexity index is 909. The van der Waals surface area contributed by atoms with Crippen molar-refractivity contribution in [2.75, 3.05) is 0 Å². The maximum Gasteiger partial charge on any atom is 0.323 e. The zero-order valence-corrected chi connectivity index (χ0v) is 14.3. The predicted molar refractivity (Wildman–Crippen MR) is 101 cm³/mol. The molecule has 122 valence electrons. The molecule has 0 radical (unpaired) electrons. The summed E-state index contributed by atoms with van der Waals surface area (Å²) >= 11 is 0. The Morgan fingerprint density at radius 2 is 1.67 bits per heavy atom. The van der Waals surface area contributed by atoms with Crippen LogP contribution in [0.15, 0.2) is 54.6 Å². The normalized spacial score (nSPS) is 12.1. The van der Waals surface area contributed by atoms with Crippen molar-refractivity contribution < 1.29 is 4.79 Å². The van der Waals surface area contributed by atoms with Gasteiger partial charge in [-0.05, 0) is 34.8 Å². The lowest BCUT2D eigenvalue weighted by atomic mass is 9.87. The number of hydrogen-bond donors (Lipinski definition) is 1. The van der Waals surface area contributed by atoms with Gasteiger partial charge < -0.3 is 5.73 Å². The van der Waals surface area contributed by atoms with Crippen LogP contribution in [0.25, 0.3) is 23.1 Å². The van der Waals surface area contributed by atoms with Crippen molar-refractivity contribution in [3.8, 4) is 0 Å². The summed E-state index contributed by atoms with van der Waals surface area (Å²) in [5.41, 5.74) is 9.68. The number of para-hydroxylation sites is 1. The highest BCUT2D eigenvalue weighted by atomic mass is 16.2. The minimum absolute atomic E-state index is 0.140. The molecule has 0 atom stereocenters. The smallest absolute Gasteiger partial charge is 0.323 e. The second-order valence-corrected chi connectivity index (χ2v) is 7.01. The Hall–Kier alpha value is -2.81. The summed E-state index contributed by atoms with van der Waals surface area (Å²) < 4.78 is 1.54. The summed E-state index contributed by atoms with van der Waals surface area (Å²) in [5.74, 6) is 0. The fraction of sp³-hybridized carbons (Fsp3) is 0.190. The van der Waals surface area contributed by atoms with Gasteiger partial charge in [-0.2, -0.15) is 0 Å². The first-order chi connectivity index (χ1) is 11.4. The largest absolute Gasteiger partial charge is 0.351 e. The van der Waals surface area contributed by atoms with Gasteiger partial charge in [0.15, 0.2) is 0 Å². The topological polar surface area (TPSA) is 48.0 Å². The summed E-state index contributed by atoms with van der Waals surface area (Å²) in [6, 6.07) is 17.7. The van der Waals surface area contributed by atoms with E-state index in [-0.39, 0.29) is 5.41 Å². The molecular weight excluding hydrogens is 296 g/mol. The SMILES string of the molecule is CC(C)(C)c1ccc(/C=C/c2cc3ccccc3n2C(N)=O)cc1. The fourth-order valence-electron chi connectivity index (χ4n) is 2.82. The molecule has 0 saturated heterocycles. The average molecular weight is 318 g/mol. The Labute approximate surface area is 142 Å². The zero-order valence-electron chi connectivity index (χ0n) is 14.3. The molecule has 2 N–H and O–H groups in total. The van der Waals surface area contributed by atoms with E-state index in [9.17, 15) is 4.79 Å². The first-order valence-corrected chi connectivity index (χ1v) is 8.05. The third-order valence-electron chi connectivity index (χ3n) is 4.18. The number of rotatable bonds is 2. The van der Waals surface area contributed by atoms with E-state index in [4.69, 9.17) is 5.73 Å². The molecule has 3 aromatic rings. The molecule has 0 saturated carbocycles. The van der Waals surface area contributed by atoms with Crippen LogP contribution in [0, 0.1) is 0 Å². The number of benzene rings is 2. The molecule has 24 heavy (non-hydrogen) atoms. The molecule has 0 bridgehead atoms. The van der Waals surface area contributed by atoms with Crippen LogP contribution in [-0.4, -0.2) is 10.6 Å². The number of carbonyl (C=O) groups excluding carboxylic acids is 1. The van der Waals surface area contributed by atoms with E-state index in [0.717, 1.165) is 22.2 Å². The number of hydrogen-bond acceptors (Lipinski definition) is 1. The number of fused-ring (bicyclic) bond motifs is 1. The van der Waals surface area contributed by atoms with Gasteiger partial charge in [0, 0.05) is 5.39 Å². The van der Waals surface area contributed by atoms with Crippen LogP contribution in [0.2, 0.25) is 0 Å². The molecule has 1 heterocycles. The predicted octanol–water partition coefficient (Wildman–Crippen LogP) is 5.04. The number of nitrogens with two attached hydrogens (primary N) is 1. The van der Waals surface area contributed by atoms with E-state index in [1.807, 2.05) is 42.5 Å². The zero-order chi connectivity index (χ0) is 17.3. The van der Waals surface area contributed by atoms with Crippen LogP contribution in [0.4, 0.5) is 4.79 Å².